The Morgan fingerprint density at radius 1 is 1.27 bits per heavy atom. The van der Waals surface area contributed by atoms with Crippen molar-refractivity contribution in [1.82, 2.24) is 9.97 Å². The van der Waals surface area contributed by atoms with Gasteiger partial charge in [0.15, 0.2) is 5.82 Å². The predicted molar refractivity (Wildman–Crippen MR) is 48.3 cm³/mol. The van der Waals surface area contributed by atoms with Gasteiger partial charge in [0.25, 0.3) is 0 Å². The number of aromatic nitrogens is 2. The second kappa shape index (κ2) is 3.93. The molecule has 1 aromatic heterocycles. The van der Waals surface area contributed by atoms with Gasteiger partial charge in [-0.15, -0.1) is 0 Å². The van der Waals surface area contributed by atoms with Crippen molar-refractivity contribution < 1.29 is 21.6 Å². The second-order valence-corrected chi connectivity index (χ2v) is 4.76. The molecule has 0 aromatic carbocycles. The van der Waals surface area contributed by atoms with Crippen LogP contribution in [-0.4, -0.2) is 23.9 Å². The van der Waals surface area contributed by atoms with Crippen molar-refractivity contribution >= 4 is 31.8 Å². The summed E-state index contributed by atoms with van der Waals surface area (Å²) in [7, 11) is -5.43. The van der Waals surface area contributed by atoms with Crippen molar-refractivity contribution in [3.05, 3.63) is 17.0 Å². The van der Waals surface area contributed by atoms with E-state index < -0.39 is 21.3 Å². The molecule has 0 radical (unpaired) electrons. The molecule has 0 amide bonds. The van der Waals surface area contributed by atoms with Gasteiger partial charge in [0.2, 0.25) is 0 Å². The molecule has 10 heteroatoms. The molecule has 1 heterocycles. The lowest BCUT2D eigenvalue weighted by Gasteiger charge is -2.08. The normalized spacial score (nSPS) is 12.5. The zero-order chi connectivity index (χ0) is 11.7. The van der Waals surface area contributed by atoms with Crippen molar-refractivity contribution in [2.24, 2.45) is 0 Å². The number of nitrogens with one attached hydrogen (secondary N) is 1. The lowest BCUT2D eigenvalue weighted by Crippen LogP contribution is -2.30. The highest BCUT2D eigenvalue weighted by molar-refractivity contribution is 9.10. The third-order valence-electron chi connectivity index (χ3n) is 1.16. The molecule has 0 saturated heterocycles. The van der Waals surface area contributed by atoms with Crippen LogP contribution < -0.4 is 4.72 Å². The average Bonchev–Trinajstić information content (AvgIpc) is 2.06. The number of rotatable bonds is 2. The highest BCUT2D eigenvalue weighted by Crippen LogP contribution is 2.24. The minimum absolute atomic E-state index is 0.275. The van der Waals surface area contributed by atoms with Gasteiger partial charge in [-0.1, -0.05) is 0 Å². The highest BCUT2D eigenvalue weighted by atomic mass is 79.9. The van der Waals surface area contributed by atoms with E-state index in [0.717, 1.165) is 12.4 Å². The molecular formula is C5H3BrF3N3O2S. The molecular weight excluding hydrogens is 303 g/mol. The number of alkyl halides is 3. The molecule has 1 N–H and O–H groups in total. The quantitative estimate of drug-likeness (QED) is 0.899. The van der Waals surface area contributed by atoms with Gasteiger partial charge in [-0.05, 0) is 15.9 Å². The van der Waals surface area contributed by atoms with E-state index in [2.05, 4.69) is 25.9 Å². The first-order chi connectivity index (χ1) is 6.72. The van der Waals surface area contributed by atoms with Crippen LogP contribution in [0, 0.1) is 0 Å². The fraction of sp³-hybridized carbons (Fsp3) is 0.200. The van der Waals surface area contributed by atoms with Gasteiger partial charge in [-0.25, -0.2) is 9.97 Å². The van der Waals surface area contributed by atoms with E-state index in [-0.39, 0.29) is 4.60 Å². The van der Waals surface area contributed by atoms with Crippen LogP contribution in [0.25, 0.3) is 0 Å². The van der Waals surface area contributed by atoms with E-state index >= 15 is 0 Å². The summed E-state index contributed by atoms with van der Waals surface area (Å²) in [6.45, 7) is 0. The van der Waals surface area contributed by atoms with Crippen LogP contribution >= 0.6 is 15.9 Å². The van der Waals surface area contributed by atoms with E-state index in [1.807, 2.05) is 0 Å². The lowest BCUT2D eigenvalue weighted by atomic mass is 10.7. The van der Waals surface area contributed by atoms with Crippen molar-refractivity contribution in [3.8, 4) is 0 Å². The zero-order valence-electron chi connectivity index (χ0n) is 6.79. The molecule has 0 atom stereocenters. The van der Waals surface area contributed by atoms with Gasteiger partial charge in [0.1, 0.15) is 4.60 Å². The summed E-state index contributed by atoms with van der Waals surface area (Å²) in [4.78, 5) is 6.88. The molecule has 0 fully saturated rings. The van der Waals surface area contributed by atoms with Crippen molar-refractivity contribution in [3.63, 3.8) is 0 Å². The van der Waals surface area contributed by atoms with Crippen LogP contribution in [0.4, 0.5) is 19.0 Å². The van der Waals surface area contributed by atoms with Crippen molar-refractivity contribution in [2.75, 3.05) is 4.72 Å². The zero-order valence-corrected chi connectivity index (χ0v) is 9.19. The average molecular weight is 306 g/mol. The Bertz CT molecular complexity index is 444. The van der Waals surface area contributed by atoms with Crippen LogP contribution in [0.15, 0.2) is 17.0 Å². The smallest absolute Gasteiger partial charge is 0.258 e. The topological polar surface area (TPSA) is 72.0 Å². The van der Waals surface area contributed by atoms with Gasteiger partial charge in [-0.2, -0.15) is 21.6 Å². The Balaban J connectivity index is 2.93. The largest absolute Gasteiger partial charge is 0.516 e. The summed E-state index contributed by atoms with van der Waals surface area (Å²) < 4.78 is 58.4. The van der Waals surface area contributed by atoms with Crippen LogP contribution in [0.5, 0.6) is 0 Å². The van der Waals surface area contributed by atoms with Crippen LogP contribution in [0.2, 0.25) is 0 Å². The van der Waals surface area contributed by atoms with Gasteiger partial charge in [0.05, 0.1) is 12.4 Å². The molecule has 0 saturated carbocycles. The van der Waals surface area contributed by atoms with Gasteiger partial charge >= 0.3 is 15.5 Å². The fourth-order valence-corrected chi connectivity index (χ4v) is 1.26. The summed E-state index contributed by atoms with van der Waals surface area (Å²) in [6, 6.07) is 0. The number of hydrogen-bond acceptors (Lipinski definition) is 4. The van der Waals surface area contributed by atoms with E-state index in [1.165, 1.54) is 4.72 Å². The van der Waals surface area contributed by atoms with Crippen LogP contribution in [0.1, 0.15) is 0 Å². The Hall–Kier alpha value is -0.900. The molecule has 5 nitrogen and oxygen atoms in total. The Kier molecular flexibility index (Phi) is 3.19. The standard InChI is InChI=1S/C5H3BrF3N3O2S/c6-3-1-11-4(2-10-3)12-15(13,14)5(7,8)9/h1-2H,(H,11,12). The SMILES string of the molecule is O=S(=O)(Nc1cnc(Br)cn1)C(F)(F)F. The molecule has 0 aliphatic heterocycles. The lowest BCUT2D eigenvalue weighted by molar-refractivity contribution is -0.0429. The number of sulfonamides is 1. The van der Waals surface area contributed by atoms with Gasteiger partial charge in [0, 0.05) is 0 Å². The summed E-state index contributed by atoms with van der Waals surface area (Å²) in [5.74, 6) is -0.504. The summed E-state index contributed by atoms with van der Waals surface area (Å²) >= 11 is 2.89. The maximum absolute atomic E-state index is 11.9. The van der Waals surface area contributed by atoms with E-state index in [0.29, 0.717) is 0 Å². The molecule has 84 valence electrons. The Labute approximate surface area is 90.9 Å². The molecule has 0 bridgehead atoms. The minimum atomic E-state index is -5.43. The molecule has 0 spiro atoms. The predicted octanol–water partition coefficient (Wildman–Crippen LogP) is 1.50. The van der Waals surface area contributed by atoms with Crippen molar-refractivity contribution in [2.45, 2.75) is 5.51 Å². The Morgan fingerprint density at radius 2 is 1.87 bits per heavy atom. The summed E-state index contributed by atoms with van der Waals surface area (Å²) in [5.41, 5.74) is -5.37. The molecule has 0 unspecified atom stereocenters. The second-order valence-electron chi connectivity index (χ2n) is 2.28. The minimum Gasteiger partial charge on any atom is -0.258 e. The third-order valence-corrected chi connectivity index (χ3v) is 2.66. The number of hydrogen-bond donors (Lipinski definition) is 1. The van der Waals surface area contributed by atoms with Crippen LogP contribution in [-0.2, 0) is 10.0 Å². The van der Waals surface area contributed by atoms with Gasteiger partial charge in [-0.3, -0.25) is 4.72 Å². The van der Waals surface area contributed by atoms with Crippen molar-refractivity contribution in [1.29, 1.82) is 0 Å². The molecule has 0 aliphatic rings. The van der Waals surface area contributed by atoms with E-state index in [9.17, 15) is 21.6 Å². The first-order valence-corrected chi connectivity index (χ1v) is 5.56. The molecule has 0 aliphatic carbocycles. The monoisotopic (exact) mass is 305 g/mol. The third kappa shape index (κ3) is 3.02. The first-order valence-electron chi connectivity index (χ1n) is 3.29. The molecule has 1 aromatic rings. The highest BCUT2D eigenvalue weighted by Gasteiger charge is 2.46. The maximum Gasteiger partial charge on any atom is 0.516 e. The van der Waals surface area contributed by atoms with E-state index in [1.54, 1.807) is 0 Å². The summed E-state index contributed by atoms with van der Waals surface area (Å²) in [5, 5.41) is 0. The molecule has 15 heavy (non-hydrogen) atoms. The number of anilines is 1. The fourth-order valence-electron chi connectivity index (χ4n) is 0.561. The number of halogens is 4. The van der Waals surface area contributed by atoms with Gasteiger partial charge < -0.3 is 0 Å². The van der Waals surface area contributed by atoms with Crippen LogP contribution in [0.3, 0.4) is 0 Å². The number of nitrogens with zero attached hydrogens (tertiary/aromatic N) is 2. The molecule has 1 rings (SSSR count). The maximum atomic E-state index is 11.9. The first kappa shape index (κ1) is 12.2. The van der Waals surface area contributed by atoms with E-state index in [4.69, 9.17) is 0 Å². The summed E-state index contributed by atoms with van der Waals surface area (Å²) in [6.07, 6.45) is 1.92. The Morgan fingerprint density at radius 3 is 2.27 bits per heavy atom.